The third-order valence-corrected chi connectivity index (χ3v) is 7.50. The molecule has 7 nitrogen and oxygen atoms in total. The summed E-state index contributed by atoms with van der Waals surface area (Å²) in [4.78, 5) is 18.1. The van der Waals surface area contributed by atoms with Crippen molar-refractivity contribution < 1.29 is 14.6 Å². The van der Waals surface area contributed by atoms with Gasteiger partial charge in [-0.15, -0.1) is 0 Å². The highest BCUT2D eigenvalue weighted by atomic mass is 16.5. The fraction of sp³-hybridized carbons (Fsp3) is 0.162. The molecule has 0 amide bonds. The Kier molecular flexibility index (Phi) is 9.32. The molecule has 2 aliphatic rings. The van der Waals surface area contributed by atoms with Gasteiger partial charge in [0.05, 0.1) is 19.8 Å². The van der Waals surface area contributed by atoms with Crippen LogP contribution in [0.15, 0.2) is 120 Å². The van der Waals surface area contributed by atoms with Crippen LogP contribution in [0.5, 0.6) is 0 Å². The number of fused-ring (bicyclic) bond motifs is 1. The second-order valence-corrected chi connectivity index (χ2v) is 10.5. The summed E-state index contributed by atoms with van der Waals surface area (Å²) in [5, 5.41) is 29.0. The minimum absolute atomic E-state index is 0.0684. The molecule has 0 spiro atoms. The first-order chi connectivity index (χ1) is 21.5. The summed E-state index contributed by atoms with van der Waals surface area (Å²) in [5.74, 6) is -0.226. The first-order valence-electron chi connectivity index (χ1n) is 14.3. The van der Waals surface area contributed by atoms with Crippen LogP contribution in [0.1, 0.15) is 27.0 Å². The van der Waals surface area contributed by atoms with Gasteiger partial charge in [-0.2, -0.15) is 10.5 Å². The molecule has 0 aromatic heterocycles. The third-order valence-electron chi connectivity index (χ3n) is 7.50. The molecular formula is C37H32N4O3. The molecule has 1 N–H and O–H groups in total. The molecule has 1 aliphatic carbocycles. The highest BCUT2D eigenvalue weighted by molar-refractivity contribution is 6.28. The number of hydrogen-bond donors (Lipinski definition) is 1. The fourth-order valence-corrected chi connectivity index (χ4v) is 5.36. The van der Waals surface area contributed by atoms with Gasteiger partial charge in [0.2, 0.25) is 0 Å². The lowest BCUT2D eigenvalue weighted by atomic mass is 9.91. The monoisotopic (exact) mass is 580 g/mol. The second kappa shape index (κ2) is 13.7. The predicted molar refractivity (Wildman–Crippen MR) is 173 cm³/mol. The first-order valence-corrected chi connectivity index (χ1v) is 14.3. The van der Waals surface area contributed by atoms with Crippen molar-refractivity contribution in [3.05, 3.63) is 142 Å². The largest absolute Gasteiger partial charge is 0.394 e. The molecule has 0 radical (unpaired) electrons. The Hall–Kier alpha value is -5.47. The Morgan fingerprint density at radius 3 is 2.23 bits per heavy atom. The van der Waals surface area contributed by atoms with E-state index in [-0.39, 0.29) is 24.6 Å². The summed E-state index contributed by atoms with van der Waals surface area (Å²) in [5.41, 5.74) is 6.89. The van der Waals surface area contributed by atoms with Gasteiger partial charge in [-0.3, -0.25) is 4.79 Å². The van der Waals surface area contributed by atoms with Crippen LogP contribution in [-0.4, -0.2) is 56.3 Å². The third kappa shape index (κ3) is 6.16. The lowest BCUT2D eigenvalue weighted by Crippen LogP contribution is -2.28. The van der Waals surface area contributed by atoms with Gasteiger partial charge in [-0.1, -0.05) is 72.8 Å². The number of anilines is 1. The number of hydrogen-bond acceptors (Lipinski definition) is 7. The molecule has 0 atom stereocenters. The number of carbonyl (C=O) groups excluding carboxylic acids is 1. The second-order valence-electron chi connectivity index (χ2n) is 10.5. The zero-order valence-corrected chi connectivity index (χ0v) is 24.7. The normalized spacial score (nSPS) is 15.9. The van der Waals surface area contributed by atoms with E-state index in [2.05, 4.69) is 17.0 Å². The summed E-state index contributed by atoms with van der Waals surface area (Å²) in [6, 6.07) is 29.2. The predicted octanol–water partition coefficient (Wildman–Crippen LogP) is 6.01. The highest BCUT2D eigenvalue weighted by Crippen LogP contribution is 2.43. The number of ether oxygens (including phenoxy) is 1. The molecule has 0 unspecified atom stereocenters. The van der Waals surface area contributed by atoms with E-state index in [9.17, 15) is 20.4 Å². The SMILES string of the molecule is CN(C)c1ccc(/C=C/C2=CC(=C3/C(=O)c4ccccc4C3=C(C#N)C#N)/C=C(c3ccccc3)N2CCOCCO)cc1. The lowest BCUT2D eigenvalue weighted by molar-refractivity contribution is 0.0865. The number of nitriles is 2. The summed E-state index contributed by atoms with van der Waals surface area (Å²) in [6.07, 6.45) is 7.88. The van der Waals surface area contributed by atoms with Crippen LogP contribution in [0.2, 0.25) is 0 Å². The number of aliphatic hydroxyl groups is 1. The Balaban J connectivity index is 1.72. The van der Waals surface area contributed by atoms with Crippen LogP contribution in [0.25, 0.3) is 17.3 Å². The molecule has 44 heavy (non-hydrogen) atoms. The Bertz CT molecular complexity index is 1780. The Morgan fingerprint density at radius 2 is 1.57 bits per heavy atom. The zero-order chi connectivity index (χ0) is 31.1. The average Bonchev–Trinajstić information content (AvgIpc) is 3.35. The van der Waals surface area contributed by atoms with E-state index in [0.717, 1.165) is 28.2 Å². The molecule has 0 saturated carbocycles. The standard InChI is InChI=1S/C37H32N4O3/c1-40(2)30-15-12-26(13-16-30)14-17-31-22-28(23-34(27-8-4-3-5-9-27)41(31)18-20-44-21-19-42)36-35(29(24-38)25-39)32-10-6-7-11-33(32)37(36)43/h3-17,22-23,42H,18-21H2,1-2H3/b17-14+,36-28-. The minimum atomic E-state index is -0.226. The van der Waals surface area contributed by atoms with E-state index in [1.54, 1.807) is 24.3 Å². The maximum atomic E-state index is 13.9. The molecule has 0 fully saturated rings. The van der Waals surface area contributed by atoms with E-state index in [4.69, 9.17) is 4.74 Å². The molecule has 1 aliphatic heterocycles. The fourth-order valence-electron chi connectivity index (χ4n) is 5.36. The van der Waals surface area contributed by atoms with E-state index in [1.807, 2.05) is 97.9 Å². The molecule has 3 aromatic rings. The molecular weight excluding hydrogens is 548 g/mol. The molecule has 5 rings (SSSR count). The molecule has 218 valence electrons. The minimum Gasteiger partial charge on any atom is -0.394 e. The van der Waals surface area contributed by atoms with Crippen molar-refractivity contribution in [3.63, 3.8) is 0 Å². The number of nitrogens with zero attached hydrogens (tertiary/aromatic N) is 4. The van der Waals surface area contributed by atoms with Gasteiger partial charge in [-0.25, -0.2) is 0 Å². The molecule has 0 bridgehead atoms. The summed E-state index contributed by atoms with van der Waals surface area (Å²) in [7, 11) is 3.99. The van der Waals surface area contributed by atoms with Crippen LogP contribution in [-0.2, 0) is 4.74 Å². The molecule has 7 heteroatoms. The van der Waals surface area contributed by atoms with Crippen LogP contribution in [0.4, 0.5) is 5.69 Å². The van der Waals surface area contributed by atoms with Gasteiger partial charge < -0.3 is 19.6 Å². The van der Waals surface area contributed by atoms with Gasteiger partial charge in [0.15, 0.2) is 5.78 Å². The van der Waals surface area contributed by atoms with Crippen molar-refractivity contribution in [3.8, 4) is 12.1 Å². The number of aliphatic hydroxyl groups excluding tert-OH is 1. The number of carbonyl (C=O) groups is 1. The average molecular weight is 581 g/mol. The lowest BCUT2D eigenvalue weighted by Gasteiger charge is -2.32. The summed E-state index contributed by atoms with van der Waals surface area (Å²) in [6.45, 7) is 1.01. The maximum Gasteiger partial charge on any atom is 0.194 e. The quantitative estimate of drug-likeness (QED) is 0.188. The maximum absolute atomic E-state index is 13.9. The Labute approximate surface area is 257 Å². The molecule has 1 heterocycles. The van der Waals surface area contributed by atoms with Gasteiger partial charge in [-0.05, 0) is 52.6 Å². The van der Waals surface area contributed by atoms with Crippen LogP contribution in [0.3, 0.4) is 0 Å². The van der Waals surface area contributed by atoms with Gasteiger partial charge in [0, 0.05) is 54.4 Å². The van der Waals surface area contributed by atoms with Crippen molar-refractivity contribution in [2.75, 3.05) is 45.4 Å². The number of Topliss-reactive ketones (excluding diaryl/α,β-unsaturated/α-hetero) is 1. The topological polar surface area (TPSA) is 101 Å². The van der Waals surface area contributed by atoms with Crippen molar-refractivity contribution in [2.24, 2.45) is 0 Å². The number of allylic oxidation sites excluding steroid dienone is 7. The van der Waals surface area contributed by atoms with Crippen molar-refractivity contribution >= 4 is 28.8 Å². The number of rotatable bonds is 9. The van der Waals surface area contributed by atoms with Crippen molar-refractivity contribution in [1.29, 1.82) is 10.5 Å². The van der Waals surface area contributed by atoms with E-state index < -0.39 is 0 Å². The van der Waals surface area contributed by atoms with Gasteiger partial charge in [0.25, 0.3) is 0 Å². The zero-order valence-electron chi connectivity index (χ0n) is 24.7. The van der Waals surface area contributed by atoms with Crippen molar-refractivity contribution in [1.82, 2.24) is 4.90 Å². The summed E-state index contributed by atoms with van der Waals surface area (Å²) < 4.78 is 5.66. The van der Waals surface area contributed by atoms with Crippen LogP contribution < -0.4 is 4.90 Å². The molecule has 0 saturated heterocycles. The van der Waals surface area contributed by atoms with Crippen molar-refractivity contribution in [2.45, 2.75) is 0 Å². The van der Waals surface area contributed by atoms with Crippen LogP contribution in [0, 0.1) is 22.7 Å². The first kappa shape index (κ1) is 30.0. The van der Waals surface area contributed by atoms with Gasteiger partial charge in [0.1, 0.15) is 17.7 Å². The van der Waals surface area contributed by atoms with Crippen LogP contribution >= 0.6 is 0 Å². The smallest absolute Gasteiger partial charge is 0.194 e. The number of benzene rings is 3. The highest BCUT2D eigenvalue weighted by Gasteiger charge is 2.35. The van der Waals surface area contributed by atoms with E-state index >= 15 is 0 Å². The van der Waals surface area contributed by atoms with E-state index in [0.29, 0.717) is 41.0 Å². The Morgan fingerprint density at radius 1 is 0.886 bits per heavy atom. The van der Waals surface area contributed by atoms with E-state index in [1.165, 1.54) is 0 Å². The summed E-state index contributed by atoms with van der Waals surface area (Å²) >= 11 is 0. The molecule has 3 aromatic carbocycles. The number of ketones is 1. The van der Waals surface area contributed by atoms with Gasteiger partial charge >= 0.3 is 0 Å².